The van der Waals surface area contributed by atoms with Crippen molar-refractivity contribution in [3.8, 4) is 0 Å². The van der Waals surface area contributed by atoms with Gasteiger partial charge in [0.15, 0.2) is 0 Å². The van der Waals surface area contributed by atoms with Crippen LogP contribution in [0, 0.1) is 5.82 Å². The molecule has 0 aliphatic rings. The molecule has 0 atom stereocenters. The second-order valence-electron chi connectivity index (χ2n) is 4.09. The second kappa shape index (κ2) is 5.40. The van der Waals surface area contributed by atoms with Crippen LogP contribution in [0.25, 0.3) is 0 Å². The third-order valence-electron chi connectivity index (χ3n) is 2.47. The normalized spacial score (nSPS) is 10.8. The molecule has 18 heavy (non-hydrogen) atoms. The Labute approximate surface area is 106 Å². The summed E-state index contributed by atoms with van der Waals surface area (Å²) in [7, 11) is 3.96. The molecular weight excluding hydrogens is 229 g/mol. The molecule has 0 bridgehead atoms. The fourth-order valence-corrected chi connectivity index (χ4v) is 1.44. The summed E-state index contributed by atoms with van der Waals surface area (Å²) >= 11 is 0. The summed E-state index contributed by atoms with van der Waals surface area (Å²) in [5, 5.41) is 8.13. The van der Waals surface area contributed by atoms with Crippen LogP contribution >= 0.6 is 0 Å². The van der Waals surface area contributed by atoms with E-state index in [0.29, 0.717) is 5.69 Å². The molecule has 92 valence electrons. The summed E-state index contributed by atoms with van der Waals surface area (Å²) in [6.45, 7) is 0. The van der Waals surface area contributed by atoms with Gasteiger partial charge in [-0.05, 0) is 48.5 Å². The van der Waals surface area contributed by atoms with E-state index in [1.807, 2.05) is 43.3 Å². The molecule has 0 amide bonds. The first-order valence-corrected chi connectivity index (χ1v) is 5.60. The maximum absolute atomic E-state index is 12.7. The van der Waals surface area contributed by atoms with Crippen molar-refractivity contribution in [2.24, 2.45) is 10.2 Å². The summed E-state index contributed by atoms with van der Waals surface area (Å²) in [4.78, 5) is 2.01. The van der Waals surface area contributed by atoms with Crippen molar-refractivity contribution in [3.05, 3.63) is 54.3 Å². The Hall–Kier alpha value is -2.23. The van der Waals surface area contributed by atoms with Gasteiger partial charge in [-0.2, -0.15) is 10.2 Å². The first-order chi connectivity index (χ1) is 8.65. The van der Waals surface area contributed by atoms with Crippen LogP contribution in [-0.2, 0) is 0 Å². The zero-order valence-corrected chi connectivity index (χ0v) is 10.3. The summed E-state index contributed by atoms with van der Waals surface area (Å²) in [6, 6.07) is 13.6. The number of anilines is 1. The third kappa shape index (κ3) is 3.13. The van der Waals surface area contributed by atoms with Crippen molar-refractivity contribution < 1.29 is 4.39 Å². The molecule has 0 saturated carbocycles. The Morgan fingerprint density at radius 2 is 1.22 bits per heavy atom. The van der Waals surface area contributed by atoms with Crippen molar-refractivity contribution in [2.45, 2.75) is 0 Å². The molecule has 0 aliphatic carbocycles. The van der Waals surface area contributed by atoms with Gasteiger partial charge in [0, 0.05) is 19.8 Å². The van der Waals surface area contributed by atoms with E-state index in [2.05, 4.69) is 10.2 Å². The van der Waals surface area contributed by atoms with Crippen molar-refractivity contribution in [3.63, 3.8) is 0 Å². The highest BCUT2D eigenvalue weighted by Crippen LogP contribution is 2.21. The Balaban J connectivity index is 2.11. The van der Waals surface area contributed by atoms with Crippen LogP contribution in [0.5, 0.6) is 0 Å². The van der Waals surface area contributed by atoms with E-state index in [1.54, 1.807) is 12.1 Å². The molecule has 2 aromatic carbocycles. The standard InChI is InChI=1S/C14H14FN3/c1-18(2)14-9-7-13(8-10-14)17-16-12-5-3-11(15)4-6-12/h3-10H,1-2H3. The maximum atomic E-state index is 12.7. The molecule has 0 saturated heterocycles. The van der Waals surface area contributed by atoms with E-state index < -0.39 is 0 Å². The fourth-order valence-electron chi connectivity index (χ4n) is 1.44. The average Bonchev–Trinajstić information content (AvgIpc) is 2.38. The molecule has 0 radical (unpaired) electrons. The number of hydrogen-bond acceptors (Lipinski definition) is 3. The van der Waals surface area contributed by atoms with Gasteiger partial charge in [-0.25, -0.2) is 4.39 Å². The lowest BCUT2D eigenvalue weighted by Crippen LogP contribution is -2.07. The third-order valence-corrected chi connectivity index (χ3v) is 2.47. The molecular formula is C14H14FN3. The molecule has 0 fully saturated rings. The quantitative estimate of drug-likeness (QED) is 0.738. The molecule has 0 aromatic heterocycles. The fraction of sp³-hybridized carbons (Fsp3) is 0.143. The molecule has 4 heteroatoms. The Morgan fingerprint density at radius 3 is 1.67 bits per heavy atom. The minimum absolute atomic E-state index is 0.274. The SMILES string of the molecule is CN(C)c1ccc(N=Nc2ccc(F)cc2)cc1. The average molecular weight is 243 g/mol. The van der Waals surface area contributed by atoms with Gasteiger partial charge in [0.25, 0.3) is 0 Å². The summed E-state index contributed by atoms with van der Waals surface area (Å²) in [5.74, 6) is -0.274. The zero-order valence-electron chi connectivity index (χ0n) is 10.3. The van der Waals surface area contributed by atoms with Crippen molar-refractivity contribution in [2.75, 3.05) is 19.0 Å². The predicted octanol–water partition coefficient (Wildman–Crippen LogP) is 4.31. The molecule has 0 spiro atoms. The van der Waals surface area contributed by atoms with Gasteiger partial charge < -0.3 is 4.90 Å². The van der Waals surface area contributed by atoms with Gasteiger partial charge in [0.1, 0.15) is 5.82 Å². The highest BCUT2D eigenvalue weighted by Gasteiger charge is 1.95. The first kappa shape index (κ1) is 12.2. The first-order valence-electron chi connectivity index (χ1n) is 5.60. The Bertz CT molecular complexity index is 530. The van der Waals surface area contributed by atoms with E-state index in [4.69, 9.17) is 0 Å². The number of hydrogen-bond donors (Lipinski definition) is 0. The second-order valence-corrected chi connectivity index (χ2v) is 4.09. The molecule has 0 aliphatic heterocycles. The lowest BCUT2D eigenvalue weighted by atomic mass is 10.3. The number of nitrogens with zero attached hydrogens (tertiary/aromatic N) is 3. The largest absolute Gasteiger partial charge is 0.378 e. The Morgan fingerprint density at radius 1 is 0.778 bits per heavy atom. The topological polar surface area (TPSA) is 28.0 Å². The van der Waals surface area contributed by atoms with Gasteiger partial charge >= 0.3 is 0 Å². The molecule has 2 aromatic rings. The number of halogens is 1. The summed E-state index contributed by atoms with van der Waals surface area (Å²) in [5.41, 5.74) is 2.51. The van der Waals surface area contributed by atoms with Crippen molar-refractivity contribution in [1.82, 2.24) is 0 Å². The van der Waals surface area contributed by atoms with Gasteiger partial charge in [0.2, 0.25) is 0 Å². The predicted molar refractivity (Wildman–Crippen MR) is 71.3 cm³/mol. The van der Waals surface area contributed by atoms with Gasteiger partial charge in [-0.3, -0.25) is 0 Å². The van der Waals surface area contributed by atoms with Crippen LogP contribution in [0.15, 0.2) is 58.8 Å². The van der Waals surface area contributed by atoms with E-state index in [0.717, 1.165) is 11.4 Å². The van der Waals surface area contributed by atoms with Crippen LogP contribution in [0.2, 0.25) is 0 Å². The van der Waals surface area contributed by atoms with Crippen LogP contribution < -0.4 is 4.90 Å². The van der Waals surface area contributed by atoms with Gasteiger partial charge in [0.05, 0.1) is 11.4 Å². The lowest BCUT2D eigenvalue weighted by Gasteiger charge is -2.11. The molecule has 2 rings (SSSR count). The van der Waals surface area contributed by atoms with Gasteiger partial charge in [-0.1, -0.05) is 0 Å². The van der Waals surface area contributed by atoms with E-state index in [-0.39, 0.29) is 5.82 Å². The van der Waals surface area contributed by atoms with Crippen LogP contribution in [0.1, 0.15) is 0 Å². The molecule has 3 nitrogen and oxygen atoms in total. The van der Waals surface area contributed by atoms with Crippen LogP contribution in [-0.4, -0.2) is 14.1 Å². The molecule has 0 N–H and O–H groups in total. The van der Waals surface area contributed by atoms with Crippen molar-refractivity contribution in [1.29, 1.82) is 0 Å². The smallest absolute Gasteiger partial charge is 0.123 e. The monoisotopic (exact) mass is 243 g/mol. The Kier molecular flexibility index (Phi) is 3.67. The minimum Gasteiger partial charge on any atom is -0.378 e. The minimum atomic E-state index is -0.274. The zero-order chi connectivity index (χ0) is 13.0. The van der Waals surface area contributed by atoms with Crippen molar-refractivity contribution >= 4 is 17.1 Å². The summed E-state index contributed by atoms with van der Waals surface area (Å²) in [6.07, 6.45) is 0. The van der Waals surface area contributed by atoms with E-state index >= 15 is 0 Å². The lowest BCUT2D eigenvalue weighted by molar-refractivity contribution is 0.628. The van der Waals surface area contributed by atoms with Gasteiger partial charge in [-0.15, -0.1) is 0 Å². The maximum Gasteiger partial charge on any atom is 0.123 e. The highest BCUT2D eigenvalue weighted by molar-refractivity contribution is 5.51. The number of rotatable bonds is 3. The number of benzene rings is 2. The summed E-state index contributed by atoms with van der Waals surface area (Å²) < 4.78 is 12.7. The number of azo groups is 1. The van der Waals surface area contributed by atoms with E-state index in [9.17, 15) is 4.39 Å². The molecule has 0 heterocycles. The van der Waals surface area contributed by atoms with E-state index in [1.165, 1.54) is 12.1 Å². The van der Waals surface area contributed by atoms with Crippen LogP contribution in [0.3, 0.4) is 0 Å². The van der Waals surface area contributed by atoms with Crippen LogP contribution in [0.4, 0.5) is 21.5 Å². The highest BCUT2D eigenvalue weighted by atomic mass is 19.1. The molecule has 0 unspecified atom stereocenters.